The van der Waals surface area contributed by atoms with Gasteiger partial charge in [0.15, 0.2) is 0 Å². The second-order valence-corrected chi connectivity index (χ2v) is 5.77. The molecule has 0 aliphatic carbocycles. The molecule has 22 heavy (non-hydrogen) atoms. The highest BCUT2D eigenvalue weighted by atomic mass is 16.5. The van der Waals surface area contributed by atoms with Crippen LogP contribution < -0.4 is 10.1 Å². The smallest absolute Gasteiger partial charge is 0.267 e. The van der Waals surface area contributed by atoms with Crippen molar-refractivity contribution >= 4 is 16.8 Å². The second kappa shape index (κ2) is 6.40. The lowest BCUT2D eigenvalue weighted by atomic mass is 10.2. The van der Waals surface area contributed by atoms with Crippen LogP contribution in [0.5, 0.6) is 5.75 Å². The topological polar surface area (TPSA) is 57.4 Å². The van der Waals surface area contributed by atoms with E-state index in [0.29, 0.717) is 18.3 Å². The fourth-order valence-corrected chi connectivity index (χ4v) is 3.21. The van der Waals surface area contributed by atoms with Gasteiger partial charge in [-0.2, -0.15) is 0 Å². The number of ether oxygens (including phenoxy) is 1. The summed E-state index contributed by atoms with van der Waals surface area (Å²) in [5.74, 6) is 0.751. The highest BCUT2D eigenvalue weighted by Crippen LogP contribution is 2.21. The number of methoxy groups -OCH3 is 1. The maximum absolute atomic E-state index is 12.3. The summed E-state index contributed by atoms with van der Waals surface area (Å²) in [5.41, 5.74) is 1.55. The van der Waals surface area contributed by atoms with Crippen molar-refractivity contribution in [3.05, 3.63) is 30.0 Å². The molecule has 1 unspecified atom stereocenters. The minimum absolute atomic E-state index is 0.0434. The van der Waals surface area contributed by atoms with Crippen molar-refractivity contribution in [3.8, 4) is 5.75 Å². The third-order valence-corrected chi connectivity index (χ3v) is 4.48. The van der Waals surface area contributed by atoms with Crippen LogP contribution in [0.15, 0.2) is 24.3 Å². The van der Waals surface area contributed by atoms with Gasteiger partial charge < -0.3 is 15.0 Å². The molecule has 1 aromatic carbocycles. The van der Waals surface area contributed by atoms with Crippen LogP contribution in [0, 0.1) is 0 Å². The van der Waals surface area contributed by atoms with E-state index < -0.39 is 0 Å². The largest absolute Gasteiger partial charge is 0.497 e. The molecule has 1 fully saturated rings. The minimum atomic E-state index is -0.0434. The Morgan fingerprint density at radius 2 is 2.32 bits per heavy atom. The van der Waals surface area contributed by atoms with Crippen molar-refractivity contribution in [2.24, 2.45) is 0 Å². The summed E-state index contributed by atoms with van der Waals surface area (Å²) < 4.78 is 5.21. The quantitative estimate of drug-likeness (QED) is 0.891. The van der Waals surface area contributed by atoms with E-state index in [2.05, 4.69) is 22.1 Å². The van der Waals surface area contributed by atoms with E-state index in [1.54, 1.807) is 7.11 Å². The normalized spacial score (nSPS) is 18.7. The number of aromatic nitrogens is 1. The zero-order valence-electron chi connectivity index (χ0n) is 13.2. The first-order valence-electron chi connectivity index (χ1n) is 7.90. The Bertz CT molecular complexity index is 665. The monoisotopic (exact) mass is 301 g/mol. The lowest BCUT2D eigenvalue weighted by Crippen LogP contribution is -2.40. The molecule has 1 atom stereocenters. The second-order valence-electron chi connectivity index (χ2n) is 5.77. The van der Waals surface area contributed by atoms with Gasteiger partial charge in [-0.15, -0.1) is 0 Å². The summed E-state index contributed by atoms with van der Waals surface area (Å²) in [7, 11) is 1.64. The number of benzene rings is 1. The Labute approximate surface area is 130 Å². The molecule has 1 aliphatic rings. The average Bonchev–Trinajstić information content (AvgIpc) is 3.17. The van der Waals surface area contributed by atoms with Gasteiger partial charge in [0.25, 0.3) is 5.91 Å². The van der Waals surface area contributed by atoms with Crippen molar-refractivity contribution < 1.29 is 9.53 Å². The number of nitrogens with one attached hydrogen (secondary N) is 2. The van der Waals surface area contributed by atoms with E-state index in [0.717, 1.165) is 36.2 Å². The Morgan fingerprint density at radius 3 is 3.09 bits per heavy atom. The highest BCUT2D eigenvalue weighted by Gasteiger charge is 2.23. The van der Waals surface area contributed by atoms with Crippen LogP contribution in [-0.2, 0) is 0 Å². The number of amides is 1. The molecule has 1 aromatic heterocycles. The number of nitrogens with zero attached hydrogens (tertiary/aromatic N) is 1. The van der Waals surface area contributed by atoms with Crippen LogP contribution in [0.2, 0.25) is 0 Å². The first kappa shape index (κ1) is 14.9. The fraction of sp³-hybridized carbons (Fsp3) is 0.471. The van der Waals surface area contributed by atoms with Crippen LogP contribution in [0.1, 0.15) is 30.3 Å². The molecule has 1 aliphatic heterocycles. The number of H-pyrrole nitrogens is 1. The van der Waals surface area contributed by atoms with Crippen LogP contribution in [0.4, 0.5) is 0 Å². The SMILES string of the molecule is CCN1CCCC1CNC(=O)c1cc2cc(OC)ccc2[nH]1. The number of likely N-dealkylation sites (N-methyl/N-ethyl adjacent to an activating group) is 1. The molecule has 2 aromatic rings. The fourth-order valence-electron chi connectivity index (χ4n) is 3.21. The first-order valence-corrected chi connectivity index (χ1v) is 7.90. The van der Waals surface area contributed by atoms with E-state index in [4.69, 9.17) is 4.74 Å². The molecule has 1 saturated heterocycles. The van der Waals surface area contributed by atoms with Crippen molar-refractivity contribution in [3.63, 3.8) is 0 Å². The zero-order valence-corrected chi connectivity index (χ0v) is 13.2. The molecule has 0 radical (unpaired) electrons. The molecule has 118 valence electrons. The number of carbonyl (C=O) groups excluding carboxylic acids is 1. The molecular formula is C17H23N3O2. The summed E-state index contributed by atoms with van der Waals surface area (Å²) in [4.78, 5) is 17.9. The number of carbonyl (C=O) groups is 1. The van der Waals surface area contributed by atoms with Gasteiger partial charge in [0.1, 0.15) is 11.4 Å². The maximum atomic E-state index is 12.3. The van der Waals surface area contributed by atoms with Crippen LogP contribution >= 0.6 is 0 Å². The number of aromatic amines is 1. The van der Waals surface area contributed by atoms with Crippen LogP contribution in [-0.4, -0.2) is 48.6 Å². The van der Waals surface area contributed by atoms with Gasteiger partial charge in [-0.25, -0.2) is 0 Å². The Kier molecular flexibility index (Phi) is 4.34. The summed E-state index contributed by atoms with van der Waals surface area (Å²) in [6.45, 7) is 5.08. The van der Waals surface area contributed by atoms with E-state index in [9.17, 15) is 4.79 Å². The van der Waals surface area contributed by atoms with Gasteiger partial charge in [0.05, 0.1) is 7.11 Å². The Hall–Kier alpha value is -2.01. The summed E-state index contributed by atoms with van der Waals surface area (Å²) in [5, 5.41) is 4.04. The van der Waals surface area contributed by atoms with E-state index in [-0.39, 0.29) is 5.91 Å². The average molecular weight is 301 g/mol. The molecule has 5 heteroatoms. The number of likely N-dealkylation sites (tertiary alicyclic amines) is 1. The molecule has 2 N–H and O–H groups in total. The van der Waals surface area contributed by atoms with Crippen molar-refractivity contribution in [2.45, 2.75) is 25.8 Å². The number of fused-ring (bicyclic) bond motifs is 1. The van der Waals surface area contributed by atoms with Crippen LogP contribution in [0.3, 0.4) is 0 Å². The third kappa shape index (κ3) is 2.95. The molecule has 2 heterocycles. The first-order chi connectivity index (χ1) is 10.7. The van der Waals surface area contributed by atoms with E-state index in [1.807, 2.05) is 24.3 Å². The maximum Gasteiger partial charge on any atom is 0.267 e. The molecule has 0 saturated carbocycles. The zero-order chi connectivity index (χ0) is 15.5. The molecular weight excluding hydrogens is 278 g/mol. The summed E-state index contributed by atoms with van der Waals surface area (Å²) in [6, 6.07) is 8.09. The van der Waals surface area contributed by atoms with Gasteiger partial charge in [-0.3, -0.25) is 9.69 Å². The predicted molar refractivity (Wildman–Crippen MR) is 87.5 cm³/mol. The van der Waals surface area contributed by atoms with Gasteiger partial charge in [-0.05, 0) is 50.2 Å². The van der Waals surface area contributed by atoms with Gasteiger partial charge in [0.2, 0.25) is 0 Å². The summed E-state index contributed by atoms with van der Waals surface area (Å²) >= 11 is 0. The van der Waals surface area contributed by atoms with Gasteiger partial charge in [-0.1, -0.05) is 6.92 Å². The van der Waals surface area contributed by atoms with Gasteiger partial charge >= 0.3 is 0 Å². The third-order valence-electron chi connectivity index (χ3n) is 4.48. The van der Waals surface area contributed by atoms with Crippen molar-refractivity contribution in [2.75, 3.05) is 26.7 Å². The summed E-state index contributed by atoms with van der Waals surface area (Å²) in [6.07, 6.45) is 2.39. The van der Waals surface area contributed by atoms with Crippen molar-refractivity contribution in [1.29, 1.82) is 0 Å². The van der Waals surface area contributed by atoms with Crippen molar-refractivity contribution in [1.82, 2.24) is 15.2 Å². The van der Waals surface area contributed by atoms with E-state index in [1.165, 1.54) is 6.42 Å². The number of hydrogen-bond donors (Lipinski definition) is 2. The number of rotatable bonds is 5. The van der Waals surface area contributed by atoms with Gasteiger partial charge in [0, 0.05) is 23.5 Å². The Morgan fingerprint density at radius 1 is 1.45 bits per heavy atom. The molecule has 3 rings (SSSR count). The molecule has 0 bridgehead atoms. The van der Waals surface area contributed by atoms with Crippen LogP contribution in [0.25, 0.3) is 10.9 Å². The standard InChI is InChI=1S/C17H23N3O2/c1-3-20-8-4-5-13(20)11-18-17(21)16-10-12-9-14(22-2)6-7-15(12)19-16/h6-7,9-10,13,19H,3-5,8,11H2,1-2H3,(H,18,21). The highest BCUT2D eigenvalue weighted by molar-refractivity contribution is 5.98. The number of hydrogen-bond acceptors (Lipinski definition) is 3. The minimum Gasteiger partial charge on any atom is -0.497 e. The van der Waals surface area contributed by atoms with E-state index >= 15 is 0 Å². The molecule has 0 spiro atoms. The Balaban J connectivity index is 1.67. The lowest BCUT2D eigenvalue weighted by molar-refractivity contribution is 0.0937. The molecule has 5 nitrogen and oxygen atoms in total. The molecule has 1 amide bonds. The predicted octanol–water partition coefficient (Wildman–Crippen LogP) is 2.39. The lowest BCUT2D eigenvalue weighted by Gasteiger charge is -2.22.